The van der Waals surface area contributed by atoms with Crippen molar-refractivity contribution in [3.05, 3.63) is 53.1 Å². The fourth-order valence-corrected chi connectivity index (χ4v) is 2.72. The molecule has 6 heteroatoms. The van der Waals surface area contributed by atoms with Crippen LogP contribution in [-0.4, -0.2) is 16.1 Å². The Labute approximate surface area is 123 Å². The number of fused-ring (bicyclic) bond motifs is 1. The summed E-state index contributed by atoms with van der Waals surface area (Å²) < 4.78 is 5.57. The molecule has 0 aliphatic heterocycles. The number of hydrogen-bond acceptors (Lipinski definition) is 4. The molecule has 0 bridgehead atoms. The molecule has 0 unspecified atom stereocenters. The van der Waals surface area contributed by atoms with Crippen LogP contribution in [0.5, 0.6) is 0 Å². The van der Waals surface area contributed by atoms with E-state index in [1.807, 2.05) is 24.3 Å². The number of aromatic carboxylic acids is 1. The molecule has 2 aromatic carbocycles. The van der Waals surface area contributed by atoms with Gasteiger partial charge in [0.2, 0.25) is 0 Å². The van der Waals surface area contributed by atoms with Crippen molar-refractivity contribution in [1.82, 2.24) is 4.98 Å². The molecule has 0 radical (unpaired) electrons. The second kappa shape index (κ2) is 5.19. The van der Waals surface area contributed by atoms with Crippen LogP contribution in [0.15, 0.2) is 57.0 Å². The molecule has 0 atom stereocenters. The highest BCUT2D eigenvalue weighted by Crippen LogP contribution is 2.31. The van der Waals surface area contributed by atoms with Gasteiger partial charge in [-0.1, -0.05) is 23.7 Å². The van der Waals surface area contributed by atoms with E-state index >= 15 is 0 Å². The maximum absolute atomic E-state index is 11.0. The summed E-state index contributed by atoms with van der Waals surface area (Å²) in [4.78, 5) is 16.1. The van der Waals surface area contributed by atoms with Gasteiger partial charge in [-0.25, -0.2) is 9.78 Å². The van der Waals surface area contributed by atoms with Gasteiger partial charge >= 0.3 is 5.97 Å². The van der Waals surface area contributed by atoms with Gasteiger partial charge in [-0.2, -0.15) is 0 Å². The number of benzene rings is 2. The lowest BCUT2D eigenvalue weighted by Gasteiger charge is -2.01. The van der Waals surface area contributed by atoms with E-state index in [9.17, 15) is 4.79 Å². The number of aromatic nitrogens is 1. The molecule has 3 aromatic rings. The molecule has 100 valence electrons. The summed E-state index contributed by atoms with van der Waals surface area (Å²) in [6, 6.07) is 12.2. The number of carboxylic acid groups (broad SMARTS) is 1. The lowest BCUT2D eigenvalue weighted by molar-refractivity contribution is 0.0697. The zero-order valence-corrected chi connectivity index (χ0v) is 11.6. The monoisotopic (exact) mass is 305 g/mol. The highest BCUT2D eigenvalue weighted by molar-refractivity contribution is 7.99. The normalized spacial score (nSPS) is 10.8. The third-order valence-electron chi connectivity index (χ3n) is 2.65. The maximum Gasteiger partial charge on any atom is 0.337 e. The Hall–Kier alpha value is -1.98. The van der Waals surface area contributed by atoms with Crippen LogP contribution in [-0.2, 0) is 0 Å². The third kappa shape index (κ3) is 2.50. The number of oxazole rings is 1. The van der Waals surface area contributed by atoms with Crippen molar-refractivity contribution in [3.8, 4) is 0 Å². The van der Waals surface area contributed by atoms with Crippen LogP contribution in [0.1, 0.15) is 10.4 Å². The molecule has 1 aromatic heterocycles. The quantitative estimate of drug-likeness (QED) is 0.780. The Bertz CT molecular complexity index is 767. The van der Waals surface area contributed by atoms with Crippen LogP contribution in [0.2, 0.25) is 5.02 Å². The molecular weight excluding hydrogens is 298 g/mol. The van der Waals surface area contributed by atoms with Crippen molar-refractivity contribution >= 4 is 40.4 Å². The van der Waals surface area contributed by atoms with Gasteiger partial charge in [0, 0.05) is 4.90 Å². The lowest BCUT2D eigenvalue weighted by atomic mass is 10.2. The molecule has 0 fully saturated rings. The Morgan fingerprint density at radius 3 is 2.80 bits per heavy atom. The fourth-order valence-electron chi connectivity index (χ4n) is 1.73. The van der Waals surface area contributed by atoms with Gasteiger partial charge in [-0.3, -0.25) is 0 Å². The zero-order chi connectivity index (χ0) is 14.1. The van der Waals surface area contributed by atoms with Crippen LogP contribution < -0.4 is 0 Å². The average Bonchev–Trinajstić information content (AvgIpc) is 2.82. The van der Waals surface area contributed by atoms with E-state index in [4.69, 9.17) is 21.1 Å². The number of nitrogens with zero attached hydrogens (tertiary/aromatic N) is 1. The van der Waals surface area contributed by atoms with E-state index in [1.54, 1.807) is 12.1 Å². The first-order valence-electron chi connectivity index (χ1n) is 5.70. The van der Waals surface area contributed by atoms with Gasteiger partial charge in [-0.15, -0.1) is 0 Å². The first-order valence-corrected chi connectivity index (χ1v) is 6.89. The van der Waals surface area contributed by atoms with Crippen molar-refractivity contribution in [2.75, 3.05) is 0 Å². The second-order valence-electron chi connectivity index (χ2n) is 4.00. The molecule has 0 saturated carbocycles. The number of halogens is 1. The molecule has 3 rings (SSSR count). The maximum atomic E-state index is 11.0. The van der Waals surface area contributed by atoms with E-state index in [0.717, 1.165) is 5.52 Å². The fraction of sp³-hybridized carbons (Fsp3) is 0. The topological polar surface area (TPSA) is 63.3 Å². The zero-order valence-electron chi connectivity index (χ0n) is 10.0. The van der Waals surface area contributed by atoms with Crippen molar-refractivity contribution in [1.29, 1.82) is 0 Å². The molecule has 0 spiro atoms. The number of para-hydroxylation sites is 2. The van der Waals surface area contributed by atoms with Gasteiger partial charge in [0.25, 0.3) is 5.22 Å². The Kier molecular flexibility index (Phi) is 3.38. The largest absolute Gasteiger partial charge is 0.478 e. The number of rotatable bonds is 3. The first kappa shape index (κ1) is 13.0. The van der Waals surface area contributed by atoms with Crippen LogP contribution in [0.4, 0.5) is 0 Å². The highest BCUT2D eigenvalue weighted by atomic mass is 35.5. The Morgan fingerprint density at radius 1 is 1.25 bits per heavy atom. The molecule has 0 amide bonds. The van der Waals surface area contributed by atoms with Gasteiger partial charge in [0.05, 0.1) is 10.6 Å². The summed E-state index contributed by atoms with van der Waals surface area (Å²) in [7, 11) is 0. The lowest BCUT2D eigenvalue weighted by Crippen LogP contribution is -1.97. The van der Waals surface area contributed by atoms with Crippen LogP contribution in [0.25, 0.3) is 11.1 Å². The highest BCUT2D eigenvalue weighted by Gasteiger charge is 2.12. The third-order valence-corrected chi connectivity index (χ3v) is 3.82. The van der Waals surface area contributed by atoms with E-state index in [0.29, 0.717) is 15.7 Å². The molecule has 0 aliphatic carbocycles. The minimum Gasteiger partial charge on any atom is -0.478 e. The summed E-state index contributed by atoms with van der Waals surface area (Å²) in [6.07, 6.45) is 0. The molecular formula is C14H8ClNO3S. The molecule has 1 heterocycles. The standard InChI is InChI=1S/C14H8ClNO3S/c15-10-6-5-8(7-9(10)13(17)18)20-14-16-11-3-1-2-4-12(11)19-14/h1-7H,(H,17,18). The Morgan fingerprint density at radius 2 is 2.05 bits per heavy atom. The average molecular weight is 306 g/mol. The van der Waals surface area contributed by atoms with Crippen molar-refractivity contribution in [2.24, 2.45) is 0 Å². The summed E-state index contributed by atoms with van der Waals surface area (Å²) >= 11 is 7.08. The minimum atomic E-state index is -1.06. The SMILES string of the molecule is O=C(O)c1cc(Sc2nc3ccccc3o2)ccc1Cl. The first-order chi connectivity index (χ1) is 9.63. The van der Waals surface area contributed by atoms with E-state index in [-0.39, 0.29) is 10.6 Å². The summed E-state index contributed by atoms with van der Waals surface area (Å²) in [5, 5.41) is 9.71. The summed E-state index contributed by atoms with van der Waals surface area (Å²) in [5.74, 6) is -1.06. The Balaban J connectivity index is 1.94. The number of carbonyl (C=O) groups is 1. The van der Waals surface area contributed by atoms with Gasteiger partial charge in [0.1, 0.15) is 5.52 Å². The molecule has 0 aliphatic rings. The summed E-state index contributed by atoms with van der Waals surface area (Å²) in [6.45, 7) is 0. The summed E-state index contributed by atoms with van der Waals surface area (Å²) in [5.41, 5.74) is 1.53. The predicted octanol–water partition coefficient (Wildman–Crippen LogP) is 4.33. The molecule has 20 heavy (non-hydrogen) atoms. The van der Waals surface area contributed by atoms with E-state index in [2.05, 4.69) is 4.98 Å². The van der Waals surface area contributed by atoms with E-state index in [1.165, 1.54) is 17.8 Å². The van der Waals surface area contributed by atoms with Crippen molar-refractivity contribution in [2.45, 2.75) is 10.1 Å². The van der Waals surface area contributed by atoms with Gasteiger partial charge in [-0.05, 0) is 42.1 Å². The molecule has 4 nitrogen and oxygen atoms in total. The van der Waals surface area contributed by atoms with Crippen LogP contribution >= 0.6 is 23.4 Å². The van der Waals surface area contributed by atoms with E-state index < -0.39 is 5.97 Å². The van der Waals surface area contributed by atoms with Gasteiger partial charge < -0.3 is 9.52 Å². The molecule has 0 saturated heterocycles. The predicted molar refractivity (Wildman–Crippen MR) is 76.5 cm³/mol. The van der Waals surface area contributed by atoms with Crippen molar-refractivity contribution in [3.63, 3.8) is 0 Å². The second-order valence-corrected chi connectivity index (χ2v) is 5.43. The molecule has 1 N–H and O–H groups in total. The minimum absolute atomic E-state index is 0.0628. The van der Waals surface area contributed by atoms with Crippen molar-refractivity contribution < 1.29 is 14.3 Å². The number of hydrogen-bond donors (Lipinski definition) is 1. The number of carboxylic acids is 1. The smallest absolute Gasteiger partial charge is 0.337 e. The van der Waals surface area contributed by atoms with Crippen LogP contribution in [0.3, 0.4) is 0 Å². The van der Waals surface area contributed by atoms with Crippen LogP contribution in [0, 0.1) is 0 Å². The van der Waals surface area contributed by atoms with Gasteiger partial charge in [0.15, 0.2) is 5.58 Å².